The zero-order valence-electron chi connectivity index (χ0n) is 6.80. The number of rotatable bonds is 1. The molecule has 1 aromatic rings. The van der Waals surface area contributed by atoms with Crippen molar-refractivity contribution in [1.29, 1.82) is 0 Å². The molecule has 0 aliphatic carbocycles. The first-order valence-electron chi connectivity index (χ1n) is 3.88. The highest BCUT2D eigenvalue weighted by atomic mass is 32.2. The van der Waals surface area contributed by atoms with Gasteiger partial charge >= 0.3 is 0 Å². The smallest absolute Gasteiger partial charge is 0.244 e. The third-order valence-corrected chi connectivity index (χ3v) is 3.57. The summed E-state index contributed by atoms with van der Waals surface area (Å²) in [5.74, 6) is 0.551. The molecule has 0 amide bonds. The Morgan fingerprint density at radius 2 is 2.46 bits per heavy atom. The molecule has 1 aliphatic rings. The summed E-state index contributed by atoms with van der Waals surface area (Å²) in [6.07, 6.45) is 1.26. The first kappa shape index (κ1) is 8.64. The second kappa shape index (κ2) is 3.08. The van der Waals surface area contributed by atoms with Crippen LogP contribution in [0.5, 0.6) is 0 Å². The normalized spacial score (nSPS) is 27.2. The lowest BCUT2D eigenvalue weighted by Crippen LogP contribution is -2.39. The number of nitrogens with one attached hydrogen (secondary N) is 1. The number of hydrogen-bond donors (Lipinski definition) is 1. The van der Waals surface area contributed by atoms with Crippen LogP contribution in [0.2, 0.25) is 0 Å². The average molecular weight is 203 g/mol. The van der Waals surface area contributed by atoms with E-state index >= 15 is 0 Å². The molecule has 1 N–H and O–H groups in total. The molecule has 1 aliphatic heterocycles. The topological polar surface area (TPSA) is 85.1 Å². The number of aromatic nitrogens is 2. The molecule has 0 aromatic carbocycles. The van der Waals surface area contributed by atoms with Gasteiger partial charge in [-0.2, -0.15) is 4.98 Å². The van der Waals surface area contributed by atoms with Gasteiger partial charge in [0.15, 0.2) is 16.2 Å². The monoisotopic (exact) mass is 203 g/mol. The Labute approximate surface area is 75.2 Å². The van der Waals surface area contributed by atoms with Crippen LogP contribution in [0.15, 0.2) is 10.9 Å². The van der Waals surface area contributed by atoms with E-state index in [-0.39, 0.29) is 17.5 Å². The van der Waals surface area contributed by atoms with Gasteiger partial charge in [0.05, 0.1) is 11.5 Å². The summed E-state index contributed by atoms with van der Waals surface area (Å²) in [6.45, 7) is 0.440. The molecule has 0 bridgehead atoms. The van der Waals surface area contributed by atoms with Gasteiger partial charge in [0, 0.05) is 6.54 Å². The lowest BCUT2D eigenvalue weighted by molar-refractivity contribution is 0.338. The van der Waals surface area contributed by atoms with Crippen molar-refractivity contribution in [3.05, 3.63) is 12.2 Å². The summed E-state index contributed by atoms with van der Waals surface area (Å²) < 4.78 is 27.2. The second-order valence-corrected chi connectivity index (χ2v) is 5.13. The predicted molar refractivity (Wildman–Crippen MR) is 43.7 cm³/mol. The van der Waals surface area contributed by atoms with Crippen LogP contribution in [0, 0.1) is 0 Å². The molecule has 0 radical (unpaired) electrons. The minimum Gasteiger partial charge on any atom is -0.338 e. The van der Waals surface area contributed by atoms with Crippen LogP contribution in [0.3, 0.4) is 0 Å². The van der Waals surface area contributed by atoms with E-state index in [4.69, 9.17) is 4.52 Å². The van der Waals surface area contributed by atoms with Crippen molar-refractivity contribution in [3.8, 4) is 0 Å². The van der Waals surface area contributed by atoms with Crippen molar-refractivity contribution in [3.63, 3.8) is 0 Å². The summed E-state index contributed by atoms with van der Waals surface area (Å²) in [7, 11) is -2.95. The van der Waals surface area contributed by atoms with Crippen LogP contribution in [0.4, 0.5) is 0 Å². The summed E-state index contributed by atoms with van der Waals surface area (Å²) in [4.78, 5) is 3.80. The SMILES string of the molecule is O=S1(=O)CCNC(c2ncno2)C1. The van der Waals surface area contributed by atoms with Gasteiger partial charge < -0.3 is 9.84 Å². The van der Waals surface area contributed by atoms with Crippen molar-refractivity contribution >= 4 is 9.84 Å². The van der Waals surface area contributed by atoms with Crippen molar-refractivity contribution in [2.45, 2.75) is 6.04 Å². The van der Waals surface area contributed by atoms with Crippen molar-refractivity contribution < 1.29 is 12.9 Å². The van der Waals surface area contributed by atoms with Crippen molar-refractivity contribution in [1.82, 2.24) is 15.5 Å². The highest BCUT2D eigenvalue weighted by Crippen LogP contribution is 2.15. The maximum absolute atomic E-state index is 11.2. The van der Waals surface area contributed by atoms with E-state index in [1.165, 1.54) is 6.33 Å². The van der Waals surface area contributed by atoms with Crippen LogP contribution < -0.4 is 5.32 Å². The fraction of sp³-hybridized carbons (Fsp3) is 0.667. The molecule has 1 aromatic heterocycles. The van der Waals surface area contributed by atoms with E-state index in [1.54, 1.807) is 0 Å². The molecule has 72 valence electrons. The Hall–Kier alpha value is -0.950. The molecule has 1 unspecified atom stereocenters. The molecule has 2 rings (SSSR count). The fourth-order valence-electron chi connectivity index (χ4n) is 1.28. The average Bonchev–Trinajstić information content (AvgIpc) is 2.53. The summed E-state index contributed by atoms with van der Waals surface area (Å²) >= 11 is 0. The Bertz CT molecular complexity index is 372. The van der Waals surface area contributed by atoms with Gasteiger partial charge in [0.2, 0.25) is 5.89 Å². The summed E-state index contributed by atoms with van der Waals surface area (Å²) in [5.41, 5.74) is 0. The standard InChI is InChI=1S/C6H9N3O3S/c10-13(11)2-1-7-5(3-13)6-8-4-9-12-6/h4-5,7H,1-3H2. The van der Waals surface area contributed by atoms with Crippen molar-refractivity contribution in [2.75, 3.05) is 18.1 Å². The third kappa shape index (κ3) is 1.86. The number of hydrogen-bond acceptors (Lipinski definition) is 6. The molecule has 0 saturated carbocycles. The first-order valence-corrected chi connectivity index (χ1v) is 5.70. The van der Waals surface area contributed by atoms with Crippen LogP contribution in [-0.4, -0.2) is 36.6 Å². The van der Waals surface area contributed by atoms with Gasteiger partial charge in [-0.25, -0.2) is 8.42 Å². The Morgan fingerprint density at radius 1 is 1.62 bits per heavy atom. The quantitative estimate of drug-likeness (QED) is 0.638. The lowest BCUT2D eigenvalue weighted by atomic mass is 10.3. The van der Waals surface area contributed by atoms with Crippen LogP contribution in [0.1, 0.15) is 11.9 Å². The minimum absolute atomic E-state index is 0.0369. The summed E-state index contributed by atoms with van der Waals surface area (Å²) in [5, 5.41) is 6.43. The van der Waals surface area contributed by atoms with E-state index in [0.29, 0.717) is 12.4 Å². The van der Waals surface area contributed by atoms with E-state index in [0.717, 1.165) is 0 Å². The Morgan fingerprint density at radius 3 is 3.08 bits per heavy atom. The molecule has 13 heavy (non-hydrogen) atoms. The molecular formula is C6H9N3O3S. The highest BCUT2D eigenvalue weighted by molar-refractivity contribution is 7.91. The maximum Gasteiger partial charge on any atom is 0.244 e. The fourth-order valence-corrected chi connectivity index (χ4v) is 2.64. The molecular weight excluding hydrogens is 194 g/mol. The van der Waals surface area contributed by atoms with Crippen molar-refractivity contribution in [2.24, 2.45) is 0 Å². The molecule has 0 spiro atoms. The Balaban J connectivity index is 2.18. The molecule has 2 heterocycles. The maximum atomic E-state index is 11.2. The zero-order chi connectivity index (χ0) is 9.31. The van der Waals surface area contributed by atoms with E-state index in [2.05, 4.69) is 15.5 Å². The molecule has 1 atom stereocenters. The first-order chi connectivity index (χ1) is 6.17. The van der Waals surface area contributed by atoms with Gasteiger partial charge in [-0.05, 0) is 0 Å². The lowest BCUT2D eigenvalue weighted by Gasteiger charge is -2.19. The highest BCUT2D eigenvalue weighted by Gasteiger charge is 2.28. The van der Waals surface area contributed by atoms with Gasteiger partial charge in [0.1, 0.15) is 6.04 Å². The largest absolute Gasteiger partial charge is 0.338 e. The van der Waals surface area contributed by atoms with Gasteiger partial charge in [-0.3, -0.25) is 0 Å². The van der Waals surface area contributed by atoms with Gasteiger partial charge in [0.25, 0.3) is 0 Å². The number of nitrogens with zero attached hydrogens (tertiary/aromatic N) is 2. The van der Waals surface area contributed by atoms with E-state index in [9.17, 15) is 8.42 Å². The predicted octanol–water partition coefficient (Wildman–Crippen LogP) is -0.871. The third-order valence-electron chi connectivity index (χ3n) is 1.90. The van der Waals surface area contributed by atoms with Gasteiger partial charge in [-0.15, -0.1) is 0 Å². The van der Waals surface area contributed by atoms with E-state index in [1.807, 2.05) is 0 Å². The molecule has 7 heteroatoms. The molecule has 6 nitrogen and oxygen atoms in total. The van der Waals surface area contributed by atoms with Crippen LogP contribution >= 0.6 is 0 Å². The van der Waals surface area contributed by atoms with Crippen LogP contribution in [0.25, 0.3) is 0 Å². The van der Waals surface area contributed by atoms with Crippen LogP contribution in [-0.2, 0) is 9.84 Å². The van der Waals surface area contributed by atoms with Gasteiger partial charge in [-0.1, -0.05) is 5.16 Å². The minimum atomic E-state index is -2.95. The molecule has 1 saturated heterocycles. The second-order valence-electron chi connectivity index (χ2n) is 2.90. The zero-order valence-corrected chi connectivity index (χ0v) is 7.62. The van der Waals surface area contributed by atoms with E-state index < -0.39 is 9.84 Å². The molecule has 1 fully saturated rings. The summed E-state index contributed by atoms with van der Waals surface area (Å²) in [6, 6.07) is -0.346. The number of sulfone groups is 1. The Kier molecular flexibility index (Phi) is 2.04.